The molecule has 1 atom stereocenters. The maximum absolute atomic E-state index is 12.3. The highest BCUT2D eigenvalue weighted by Crippen LogP contribution is 2.18. The van der Waals surface area contributed by atoms with Crippen LogP contribution in [-0.2, 0) is 16.6 Å². The highest BCUT2D eigenvalue weighted by atomic mass is 16.5. The first kappa shape index (κ1) is 16.9. The van der Waals surface area contributed by atoms with Gasteiger partial charge in [0.1, 0.15) is 6.04 Å². The number of hydrogen-bond acceptors (Lipinski definition) is 5. The molecule has 0 radical (unpaired) electrons. The maximum Gasteiger partial charge on any atom is 0.241 e. The van der Waals surface area contributed by atoms with Gasteiger partial charge in [-0.3, -0.25) is 14.4 Å². The first-order valence-corrected chi connectivity index (χ1v) is 7.70. The van der Waals surface area contributed by atoms with Crippen LogP contribution in [-0.4, -0.2) is 66.0 Å². The zero-order valence-electron chi connectivity index (χ0n) is 13.9. The SMILES string of the molecule is CNC(C(=O)NCCN1CCOCC1(C)C)c1cnn(C)c1. The van der Waals surface area contributed by atoms with Crippen molar-refractivity contribution in [3.8, 4) is 0 Å². The van der Waals surface area contributed by atoms with Crippen molar-refractivity contribution < 1.29 is 9.53 Å². The topological polar surface area (TPSA) is 71.4 Å². The average molecular weight is 309 g/mol. The second kappa shape index (κ2) is 7.21. The van der Waals surface area contributed by atoms with Crippen LogP contribution in [0.2, 0.25) is 0 Å². The lowest BCUT2D eigenvalue weighted by molar-refractivity contribution is -0.123. The number of carbonyl (C=O) groups excluding carboxylic acids is 1. The number of nitrogens with zero attached hydrogens (tertiary/aromatic N) is 3. The molecule has 2 rings (SSSR count). The molecule has 0 aliphatic carbocycles. The minimum absolute atomic E-state index is 0.0226. The molecule has 1 amide bonds. The van der Waals surface area contributed by atoms with Gasteiger partial charge in [0.15, 0.2) is 0 Å². The number of ether oxygens (including phenoxy) is 1. The quantitative estimate of drug-likeness (QED) is 0.768. The van der Waals surface area contributed by atoms with Gasteiger partial charge in [0, 0.05) is 44.0 Å². The summed E-state index contributed by atoms with van der Waals surface area (Å²) in [5.74, 6) is -0.0263. The number of hydrogen-bond donors (Lipinski definition) is 2. The molecule has 7 heteroatoms. The molecule has 2 heterocycles. The number of rotatable bonds is 6. The smallest absolute Gasteiger partial charge is 0.241 e. The molecule has 1 aromatic rings. The fourth-order valence-corrected chi connectivity index (χ4v) is 2.76. The van der Waals surface area contributed by atoms with E-state index in [2.05, 4.69) is 34.5 Å². The first-order chi connectivity index (χ1) is 10.4. The number of amides is 1. The summed E-state index contributed by atoms with van der Waals surface area (Å²) in [6, 6.07) is -0.369. The summed E-state index contributed by atoms with van der Waals surface area (Å²) in [5, 5.41) is 10.2. The molecule has 0 bridgehead atoms. The first-order valence-electron chi connectivity index (χ1n) is 7.70. The summed E-state index contributed by atoms with van der Waals surface area (Å²) in [6.07, 6.45) is 3.57. The lowest BCUT2D eigenvalue weighted by Gasteiger charge is -2.42. The second-order valence-corrected chi connectivity index (χ2v) is 6.31. The molecule has 22 heavy (non-hydrogen) atoms. The second-order valence-electron chi connectivity index (χ2n) is 6.31. The van der Waals surface area contributed by atoms with E-state index in [1.807, 2.05) is 13.2 Å². The average Bonchev–Trinajstić information content (AvgIpc) is 2.88. The van der Waals surface area contributed by atoms with E-state index >= 15 is 0 Å². The molecule has 1 fully saturated rings. The molecule has 1 aliphatic heterocycles. The fraction of sp³-hybridized carbons (Fsp3) is 0.733. The number of aromatic nitrogens is 2. The minimum atomic E-state index is -0.369. The van der Waals surface area contributed by atoms with Gasteiger partial charge in [-0.15, -0.1) is 0 Å². The maximum atomic E-state index is 12.3. The van der Waals surface area contributed by atoms with Gasteiger partial charge in [-0.2, -0.15) is 5.10 Å². The van der Waals surface area contributed by atoms with Crippen LogP contribution in [0.1, 0.15) is 25.5 Å². The Balaban J connectivity index is 1.84. The molecule has 0 saturated carbocycles. The van der Waals surface area contributed by atoms with Gasteiger partial charge < -0.3 is 15.4 Å². The molecular formula is C15H27N5O2. The number of nitrogens with one attached hydrogen (secondary N) is 2. The van der Waals surface area contributed by atoms with Gasteiger partial charge in [-0.25, -0.2) is 0 Å². The van der Waals surface area contributed by atoms with Crippen LogP contribution in [0.3, 0.4) is 0 Å². The fourth-order valence-electron chi connectivity index (χ4n) is 2.76. The highest BCUT2D eigenvalue weighted by molar-refractivity contribution is 5.82. The largest absolute Gasteiger partial charge is 0.378 e. The summed E-state index contributed by atoms with van der Waals surface area (Å²) in [6.45, 7) is 8.18. The van der Waals surface area contributed by atoms with Crippen molar-refractivity contribution >= 4 is 5.91 Å². The van der Waals surface area contributed by atoms with E-state index in [0.29, 0.717) is 6.54 Å². The molecule has 0 spiro atoms. The van der Waals surface area contributed by atoms with E-state index in [4.69, 9.17) is 4.74 Å². The predicted octanol–water partition coefficient (Wildman–Crippen LogP) is -0.0924. The third-order valence-corrected chi connectivity index (χ3v) is 4.11. The van der Waals surface area contributed by atoms with Crippen LogP contribution in [0.25, 0.3) is 0 Å². The van der Waals surface area contributed by atoms with E-state index in [1.165, 1.54) is 0 Å². The monoisotopic (exact) mass is 309 g/mol. The number of carbonyl (C=O) groups is 1. The Hall–Kier alpha value is -1.44. The molecule has 7 nitrogen and oxygen atoms in total. The van der Waals surface area contributed by atoms with Crippen LogP contribution in [0.5, 0.6) is 0 Å². The number of likely N-dealkylation sites (N-methyl/N-ethyl adjacent to an activating group) is 1. The van der Waals surface area contributed by atoms with Crippen LogP contribution in [0.4, 0.5) is 0 Å². The van der Waals surface area contributed by atoms with E-state index in [1.54, 1.807) is 17.9 Å². The Kier molecular flexibility index (Phi) is 5.55. The minimum Gasteiger partial charge on any atom is -0.378 e. The van der Waals surface area contributed by atoms with Crippen molar-refractivity contribution in [3.63, 3.8) is 0 Å². The summed E-state index contributed by atoms with van der Waals surface area (Å²) in [7, 11) is 3.62. The van der Waals surface area contributed by atoms with Gasteiger partial charge >= 0.3 is 0 Å². The molecule has 124 valence electrons. The molecule has 0 aromatic carbocycles. The normalized spacial score (nSPS) is 19.8. The van der Waals surface area contributed by atoms with Gasteiger partial charge in [-0.05, 0) is 20.9 Å². The number of morpholine rings is 1. The lowest BCUT2D eigenvalue weighted by atomic mass is 10.0. The third-order valence-electron chi connectivity index (χ3n) is 4.11. The molecule has 1 saturated heterocycles. The third kappa shape index (κ3) is 4.06. The van der Waals surface area contributed by atoms with Gasteiger partial charge in [0.25, 0.3) is 0 Å². The molecule has 2 N–H and O–H groups in total. The van der Waals surface area contributed by atoms with Crippen molar-refractivity contribution in [3.05, 3.63) is 18.0 Å². The lowest BCUT2D eigenvalue weighted by Crippen LogP contribution is -2.55. The van der Waals surface area contributed by atoms with E-state index in [-0.39, 0.29) is 17.5 Å². The van der Waals surface area contributed by atoms with Crippen LogP contribution in [0, 0.1) is 0 Å². The highest BCUT2D eigenvalue weighted by Gasteiger charge is 2.30. The van der Waals surface area contributed by atoms with E-state index in [9.17, 15) is 4.79 Å². The Bertz CT molecular complexity index is 500. The zero-order chi connectivity index (χ0) is 16.2. The molecular weight excluding hydrogens is 282 g/mol. The molecule has 1 aliphatic rings. The molecule has 1 aromatic heterocycles. The Morgan fingerprint density at radius 2 is 2.32 bits per heavy atom. The summed E-state index contributed by atoms with van der Waals surface area (Å²) in [4.78, 5) is 14.7. The van der Waals surface area contributed by atoms with Gasteiger partial charge in [-0.1, -0.05) is 0 Å². The number of aryl methyl sites for hydroxylation is 1. The Labute approximate surface area is 132 Å². The standard InChI is InChI=1S/C15H27N5O2/c1-15(2)11-22-8-7-20(15)6-5-17-14(21)13(16-3)12-9-18-19(4)10-12/h9-10,13,16H,5-8,11H2,1-4H3,(H,17,21). The summed E-state index contributed by atoms with van der Waals surface area (Å²) in [5.41, 5.74) is 0.892. The van der Waals surface area contributed by atoms with Crippen LogP contribution in [0.15, 0.2) is 12.4 Å². The Morgan fingerprint density at radius 1 is 1.55 bits per heavy atom. The Morgan fingerprint density at radius 3 is 2.91 bits per heavy atom. The van der Waals surface area contributed by atoms with Crippen molar-refractivity contribution in [2.24, 2.45) is 7.05 Å². The van der Waals surface area contributed by atoms with Gasteiger partial charge in [0.05, 0.1) is 19.4 Å². The van der Waals surface area contributed by atoms with Crippen LogP contribution < -0.4 is 10.6 Å². The zero-order valence-corrected chi connectivity index (χ0v) is 13.9. The van der Waals surface area contributed by atoms with E-state index < -0.39 is 0 Å². The van der Waals surface area contributed by atoms with Crippen molar-refractivity contribution in [2.75, 3.05) is 39.9 Å². The van der Waals surface area contributed by atoms with Gasteiger partial charge in [0.2, 0.25) is 5.91 Å². The summed E-state index contributed by atoms with van der Waals surface area (Å²) >= 11 is 0. The molecule has 1 unspecified atom stereocenters. The van der Waals surface area contributed by atoms with E-state index in [0.717, 1.165) is 31.9 Å². The summed E-state index contributed by atoms with van der Waals surface area (Å²) < 4.78 is 7.21. The van der Waals surface area contributed by atoms with Crippen molar-refractivity contribution in [1.82, 2.24) is 25.3 Å². The van der Waals surface area contributed by atoms with Crippen LogP contribution >= 0.6 is 0 Å². The van der Waals surface area contributed by atoms with Crippen molar-refractivity contribution in [2.45, 2.75) is 25.4 Å². The van der Waals surface area contributed by atoms with Crippen molar-refractivity contribution in [1.29, 1.82) is 0 Å². The predicted molar refractivity (Wildman–Crippen MR) is 84.5 cm³/mol.